The lowest BCUT2D eigenvalue weighted by Crippen LogP contribution is -2.17. The van der Waals surface area contributed by atoms with Crippen LogP contribution in [0.15, 0.2) is 16.1 Å². The highest BCUT2D eigenvalue weighted by atomic mass is 32.2. The Morgan fingerprint density at radius 3 is 3.12 bits per heavy atom. The molecule has 1 aliphatic rings. The molecule has 0 aromatic carbocycles. The monoisotopic (exact) mass is 236 g/mol. The summed E-state index contributed by atoms with van der Waals surface area (Å²) in [5, 5.41) is 4.32. The molecule has 3 rings (SSSR count). The maximum Gasteiger partial charge on any atom is 0.277 e. The van der Waals surface area contributed by atoms with Gasteiger partial charge < -0.3 is 0 Å². The molecule has 5 nitrogen and oxygen atoms in total. The molecule has 6 heteroatoms. The summed E-state index contributed by atoms with van der Waals surface area (Å²) in [6, 6.07) is 0. The quantitative estimate of drug-likeness (QED) is 0.643. The van der Waals surface area contributed by atoms with Gasteiger partial charge >= 0.3 is 0 Å². The molecule has 2 aromatic rings. The molecule has 1 fully saturated rings. The minimum absolute atomic E-state index is 0.00504. The third kappa shape index (κ3) is 1.63. The van der Waals surface area contributed by atoms with Gasteiger partial charge in [-0.25, -0.2) is 9.97 Å². The molecule has 1 saturated carbocycles. The Morgan fingerprint density at radius 2 is 2.44 bits per heavy atom. The summed E-state index contributed by atoms with van der Waals surface area (Å²) in [4.78, 5) is 20.3. The molecule has 0 bridgehead atoms. The van der Waals surface area contributed by atoms with Gasteiger partial charge in [-0.3, -0.25) is 14.6 Å². The normalized spacial score (nSPS) is 15.8. The number of nitrogens with zero attached hydrogens (tertiary/aromatic N) is 3. The lowest BCUT2D eigenvalue weighted by Gasteiger charge is -1.96. The fourth-order valence-electron chi connectivity index (χ4n) is 1.72. The van der Waals surface area contributed by atoms with Crippen molar-refractivity contribution in [1.82, 2.24) is 19.7 Å². The first-order valence-corrected chi connectivity index (χ1v) is 6.50. The molecule has 16 heavy (non-hydrogen) atoms. The molecule has 0 amide bonds. The molecule has 0 radical (unpaired) electrons. The molecule has 84 valence electrons. The fraction of sp³-hybridized carbons (Fsp3) is 0.500. The number of nitrogens with one attached hydrogen (secondary N) is 1. The molecule has 0 aliphatic heterocycles. The van der Waals surface area contributed by atoms with Gasteiger partial charge in [-0.1, -0.05) is 11.8 Å². The number of hydrogen-bond donors (Lipinski definition) is 1. The second-order valence-electron chi connectivity index (χ2n) is 4.09. The van der Waals surface area contributed by atoms with E-state index in [2.05, 4.69) is 15.1 Å². The number of aromatic amines is 1. The van der Waals surface area contributed by atoms with E-state index in [1.54, 1.807) is 10.9 Å². The van der Waals surface area contributed by atoms with Crippen molar-refractivity contribution in [1.29, 1.82) is 0 Å². The van der Waals surface area contributed by atoms with Crippen molar-refractivity contribution in [3.05, 3.63) is 16.6 Å². The van der Waals surface area contributed by atoms with Gasteiger partial charge in [-0.2, -0.15) is 0 Å². The zero-order valence-corrected chi connectivity index (χ0v) is 9.75. The minimum atomic E-state index is -0.00504. The van der Waals surface area contributed by atoms with Crippen LogP contribution in [0.3, 0.4) is 0 Å². The highest BCUT2D eigenvalue weighted by molar-refractivity contribution is 7.98. The Kier molecular flexibility index (Phi) is 2.24. The minimum Gasteiger partial charge on any atom is -0.278 e. The van der Waals surface area contributed by atoms with Crippen molar-refractivity contribution in [2.45, 2.75) is 24.5 Å². The summed E-state index contributed by atoms with van der Waals surface area (Å²) in [5.41, 5.74) is 0.638. The topological polar surface area (TPSA) is 63.6 Å². The van der Waals surface area contributed by atoms with Crippen LogP contribution in [0, 0.1) is 5.92 Å². The Bertz CT molecular complexity index is 584. The van der Waals surface area contributed by atoms with Gasteiger partial charge in [0.1, 0.15) is 5.39 Å². The van der Waals surface area contributed by atoms with Gasteiger partial charge in [-0.05, 0) is 25.0 Å². The largest absolute Gasteiger partial charge is 0.278 e. The number of fused-ring (bicyclic) bond motifs is 1. The average Bonchev–Trinajstić information content (AvgIpc) is 3.05. The first kappa shape index (κ1) is 9.89. The number of H-pyrrole nitrogens is 1. The Labute approximate surface area is 96.3 Å². The van der Waals surface area contributed by atoms with Crippen molar-refractivity contribution < 1.29 is 0 Å². The first-order chi connectivity index (χ1) is 7.78. The van der Waals surface area contributed by atoms with E-state index in [9.17, 15) is 4.79 Å². The molecule has 0 saturated heterocycles. The predicted molar refractivity (Wildman–Crippen MR) is 62.7 cm³/mol. The molecular weight excluding hydrogens is 224 g/mol. The van der Waals surface area contributed by atoms with Gasteiger partial charge in [-0.15, -0.1) is 0 Å². The Hall–Kier alpha value is -1.30. The molecule has 1 aliphatic carbocycles. The van der Waals surface area contributed by atoms with E-state index in [4.69, 9.17) is 0 Å². The number of rotatable bonds is 3. The SMILES string of the molecule is CSc1ncc2c(=O)n(CC3CC3)[nH]c2n1. The number of thioether (sulfide) groups is 1. The summed E-state index contributed by atoms with van der Waals surface area (Å²) in [6.07, 6.45) is 5.98. The van der Waals surface area contributed by atoms with Gasteiger partial charge in [0, 0.05) is 12.7 Å². The second-order valence-corrected chi connectivity index (χ2v) is 4.86. The van der Waals surface area contributed by atoms with Crippen molar-refractivity contribution in [3.8, 4) is 0 Å². The third-order valence-corrected chi connectivity index (χ3v) is 3.37. The molecule has 0 unspecified atom stereocenters. The molecular formula is C10H12N4OS. The Balaban J connectivity index is 2.09. The summed E-state index contributed by atoms with van der Waals surface area (Å²) < 4.78 is 1.65. The number of aromatic nitrogens is 4. The van der Waals surface area contributed by atoms with Crippen LogP contribution in [0.4, 0.5) is 0 Å². The van der Waals surface area contributed by atoms with E-state index in [1.165, 1.54) is 24.6 Å². The molecule has 2 heterocycles. The summed E-state index contributed by atoms with van der Waals surface area (Å²) in [7, 11) is 0. The van der Waals surface area contributed by atoms with Crippen LogP contribution in [-0.4, -0.2) is 26.0 Å². The van der Waals surface area contributed by atoms with Gasteiger partial charge in [0.2, 0.25) is 0 Å². The lowest BCUT2D eigenvalue weighted by molar-refractivity contribution is 0.552. The maximum absolute atomic E-state index is 11.9. The molecule has 1 N–H and O–H groups in total. The van der Waals surface area contributed by atoms with E-state index in [0.717, 1.165) is 6.54 Å². The van der Waals surface area contributed by atoms with E-state index in [-0.39, 0.29) is 5.56 Å². The highest BCUT2D eigenvalue weighted by Crippen LogP contribution is 2.30. The Morgan fingerprint density at radius 1 is 1.62 bits per heavy atom. The first-order valence-electron chi connectivity index (χ1n) is 5.27. The summed E-state index contributed by atoms with van der Waals surface area (Å²) in [5.74, 6) is 0.666. The summed E-state index contributed by atoms with van der Waals surface area (Å²) in [6.45, 7) is 0.782. The number of hydrogen-bond acceptors (Lipinski definition) is 4. The van der Waals surface area contributed by atoms with Crippen LogP contribution in [0.25, 0.3) is 11.0 Å². The van der Waals surface area contributed by atoms with E-state index >= 15 is 0 Å². The van der Waals surface area contributed by atoms with Crippen LogP contribution >= 0.6 is 11.8 Å². The van der Waals surface area contributed by atoms with Crippen molar-refractivity contribution in [3.63, 3.8) is 0 Å². The van der Waals surface area contributed by atoms with E-state index in [1.807, 2.05) is 6.26 Å². The predicted octanol–water partition coefficient (Wildman–Crippen LogP) is 1.25. The van der Waals surface area contributed by atoms with Crippen LogP contribution in [0.2, 0.25) is 0 Å². The van der Waals surface area contributed by atoms with Crippen LogP contribution < -0.4 is 5.56 Å². The smallest absolute Gasteiger partial charge is 0.277 e. The third-order valence-electron chi connectivity index (χ3n) is 2.80. The van der Waals surface area contributed by atoms with Crippen molar-refractivity contribution in [2.75, 3.05) is 6.26 Å². The van der Waals surface area contributed by atoms with Crippen LogP contribution in [-0.2, 0) is 6.54 Å². The fourth-order valence-corrected chi connectivity index (χ4v) is 2.06. The lowest BCUT2D eigenvalue weighted by atomic mass is 10.4. The molecule has 0 atom stereocenters. The van der Waals surface area contributed by atoms with Crippen LogP contribution in [0.1, 0.15) is 12.8 Å². The van der Waals surface area contributed by atoms with E-state index < -0.39 is 0 Å². The van der Waals surface area contributed by atoms with Crippen molar-refractivity contribution in [2.24, 2.45) is 5.92 Å². The van der Waals surface area contributed by atoms with Crippen molar-refractivity contribution >= 4 is 22.8 Å². The molecule has 0 spiro atoms. The average molecular weight is 236 g/mol. The van der Waals surface area contributed by atoms with Gasteiger partial charge in [0.25, 0.3) is 5.56 Å². The zero-order chi connectivity index (χ0) is 11.1. The summed E-state index contributed by atoms with van der Waals surface area (Å²) >= 11 is 1.47. The van der Waals surface area contributed by atoms with Crippen LogP contribution in [0.5, 0.6) is 0 Å². The maximum atomic E-state index is 11.9. The van der Waals surface area contributed by atoms with Gasteiger partial charge in [0.05, 0.1) is 0 Å². The second kappa shape index (κ2) is 3.62. The standard InChI is InChI=1S/C10H12N4OS/c1-16-10-11-4-7-8(12-10)13-14(9(7)15)5-6-2-3-6/h4,6H,2-3,5H2,1H3,(H,11,12,13). The van der Waals surface area contributed by atoms with Gasteiger partial charge in [0.15, 0.2) is 10.8 Å². The highest BCUT2D eigenvalue weighted by Gasteiger charge is 2.23. The molecule has 2 aromatic heterocycles. The zero-order valence-electron chi connectivity index (χ0n) is 8.93. The van der Waals surface area contributed by atoms with E-state index in [0.29, 0.717) is 22.1 Å².